The van der Waals surface area contributed by atoms with E-state index < -0.39 is 24.7 Å². The summed E-state index contributed by atoms with van der Waals surface area (Å²) < 4.78 is 40.6. The third-order valence-electron chi connectivity index (χ3n) is 2.00. The number of hydrogen-bond acceptors (Lipinski definition) is 4. The van der Waals surface area contributed by atoms with Crippen molar-refractivity contribution in [3.8, 4) is 5.75 Å². The van der Waals surface area contributed by atoms with Crippen LogP contribution in [0.15, 0.2) is 18.3 Å². The van der Waals surface area contributed by atoms with Gasteiger partial charge < -0.3 is 15.2 Å². The minimum absolute atomic E-state index is 0.163. The summed E-state index contributed by atoms with van der Waals surface area (Å²) >= 11 is 0. The van der Waals surface area contributed by atoms with E-state index in [0.29, 0.717) is 0 Å². The van der Waals surface area contributed by atoms with Crippen LogP contribution in [-0.2, 0) is 4.79 Å². The Morgan fingerprint density at radius 1 is 1.40 bits per heavy atom. The molecule has 1 aromatic heterocycles. The van der Waals surface area contributed by atoms with Gasteiger partial charge in [0.2, 0.25) is 0 Å². The maximum atomic E-state index is 12.1. The van der Waals surface area contributed by atoms with Crippen molar-refractivity contribution in [3.63, 3.8) is 0 Å². The van der Waals surface area contributed by atoms with Crippen LogP contribution in [0.2, 0.25) is 0 Å². The zero-order chi connectivity index (χ0) is 15.2. The predicted molar refractivity (Wildman–Crippen MR) is 60.4 cm³/mol. The Hall–Kier alpha value is -2.32. The summed E-state index contributed by atoms with van der Waals surface area (Å²) in [5, 5.41) is 10.6. The fraction of sp³-hybridized carbons (Fsp3) is 0.364. The average Bonchev–Trinajstić information content (AvgIpc) is 2.35. The van der Waals surface area contributed by atoms with E-state index in [1.807, 2.05) is 0 Å². The van der Waals surface area contributed by atoms with Gasteiger partial charge in [0, 0.05) is 12.7 Å². The molecule has 1 rings (SSSR count). The number of carboxylic acids is 1. The summed E-state index contributed by atoms with van der Waals surface area (Å²) in [7, 11) is 0. The number of carboxylic acid groups (broad SMARTS) is 1. The van der Waals surface area contributed by atoms with Crippen LogP contribution >= 0.6 is 0 Å². The van der Waals surface area contributed by atoms with E-state index in [2.05, 4.69) is 15.0 Å². The molecule has 0 bridgehead atoms. The first kappa shape index (κ1) is 15.7. The van der Waals surface area contributed by atoms with Crippen LogP contribution in [-0.4, -0.2) is 41.3 Å². The van der Waals surface area contributed by atoms with Crippen LogP contribution in [0.5, 0.6) is 5.75 Å². The Morgan fingerprint density at radius 3 is 2.70 bits per heavy atom. The van der Waals surface area contributed by atoms with Gasteiger partial charge in [-0.05, 0) is 12.1 Å². The second kappa shape index (κ2) is 6.73. The molecule has 20 heavy (non-hydrogen) atoms. The molecule has 9 heteroatoms. The van der Waals surface area contributed by atoms with Crippen LogP contribution in [0.3, 0.4) is 0 Å². The molecule has 0 spiro atoms. The number of nitrogens with one attached hydrogen (secondary N) is 1. The quantitative estimate of drug-likeness (QED) is 0.823. The highest BCUT2D eigenvalue weighted by Gasteiger charge is 2.29. The Morgan fingerprint density at radius 2 is 2.10 bits per heavy atom. The summed E-state index contributed by atoms with van der Waals surface area (Å²) in [4.78, 5) is 25.5. The van der Waals surface area contributed by atoms with Crippen LogP contribution in [0.25, 0.3) is 0 Å². The minimum Gasteiger partial charge on any atom is -0.482 e. The van der Waals surface area contributed by atoms with Gasteiger partial charge in [-0.3, -0.25) is 9.59 Å². The number of nitrogens with zero attached hydrogens (tertiary/aromatic N) is 1. The monoisotopic (exact) mass is 292 g/mol. The lowest BCUT2D eigenvalue weighted by Crippen LogP contribution is -2.28. The number of carbonyl (C=O) groups excluding carboxylic acids is 1. The lowest BCUT2D eigenvalue weighted by molar-refractivity contribution is -0.153. The maximum Gasteiger partial charge on any atom is 0.422 e. The van der Waals surface area contributed by atoms with E-state index in [9.17, 15) is 22.8 Å². The topological polar surface area (TPSA) is 88.5 Å². The first-order valence-corrected chi connectivity index (χ1v) is 5.44. The van der Waals surface area contributed by atoms with E-state index in [1.54, 1.807) is 0 Å². The zero-order valence-corrected chi connectivity index (χ0v) is 10.1. The van der Waals surface area contributed by atoms with Gasteiger partial charge >= 0.3 is 12.1 Å². The Labute approximate surface area is 111 Å². The number of aromatic nitrogens is 1. The maximum absolute atomic E-state index is 12.1. The van der Waals surface area contributed by atoms with Crippen LogP contribution < -0.4 is 10.1 Å². The standard InChI is InChI=1S/C11H11F3N2O4/c12-11(13,14)6-20-7-2-1-4-15-9(7)10(19)16-5-3-8(17)18/h1-2,4H,3,5-6H2,(H,16,19)(H,17,18). The molecule has 2 N–H and O–H groups in total. The van der Waals surface area contributed by atoms with Gasteiger partial charge in [-0.25, -0.2) is 4.98 Å². The molecule has 0 fully saturated rings. The molecule has 1 aromatic rings. The Kier molecular flexibility index (Phi) is 5.30. The molecule has 0 saturated heterocycles. The van der Waals surface area contributed by atoms with Gasteiger partial charge in [-0.2, -0.15) is 13.2 Å². The van der Waals surface area contributed by atoms with Crippen molar-refractivity contribution in [1.82, 2.24) is 10.3 Å². The molecule has 0 atom stereocenters. The largest absolute Gasteiger partial charge is 0.482 e. The van der Waals surface area contributed by atoms with E-state index >= 15 is 0 Å². The number of halogens is 3. The highest BCUT2D eigenvalue weighted by molar-refractivity contribution is 5.95. The van der Waals surface area contributed by atoms with Gasteiger partial charge in [0.15, 0.2) is 18.1 Å². The normalized spacial score (nSPS) is 10.9. The molecular formula is C11H11F3N2O4. The summed E-state index contributed by atoms with van der Waals surface area (Å²) in [5.74, 6) is -2.23. The predicted octanol–water partition coefficient (Wildman–Crippen LogP) is 1.23. The molecule has 0 saturated carbocycles. The van der Waals surface area contributed by atoms with Gasteiger partial charge in [0.1, 0.15) is 0 Å². The van der Waals surface area contributed by atoms with Crippen molar-refractivity contribution in [2.45, 2.75) is 12.6 Å². The van der Waals surface area contributed by atoms with Crippen molar-refractivity contribution in [3.05, 3.63) is 24.0 Å². The number of hydrogen-bond donors (Lipinski definition) is 2. The molecule has 0 aromatic carbocycles. The third kappa shape index (κ3) is 5.55. The van der Waals surface area contributed by atoms with E-state index in [4.69, 9.17) is 5.11 Å². The molecule has 0 aliphatic carbocycles. The number of aliphatic carboxylic acids is 1. The fourth-order valence-corrected chi connectivity index (χ4v) is 1.20. The highest BCUT2D eigenvalue weighted by atomic mass is 19.4. The van der Waals surface area contributed by atoms with Crippen molar-refractivity contribution < 1.29 is 32.6 Å². The Bertz CT molecular complexity index is 491. The smallest absolute Gasteiger partial charge is 0.422 e. The molecule has 6 nitrogen and oxygen atoms in total. The molecule has 1 heterocycles. The minimum atomic E-state index is -4.53. The zero-order valence-electron chi connectivity index (χ0n) is 10.1. The molecule has 0 unspecified atom stereocenters. The van der Waals surface area contributed by atoms with Gasteiger partial charge in [-0.15, -0.1) is 0 Å². The highest BCUT2D eigenvalue weighted by Crippen LogP contribution is 2.20. The van der Waals surface area contributed by atoms with Crippen molar-refractivity contribution >= 4 is 11.9 Å². The van der Waals surface area contributed by atoms with Gasteiger partial charge in [0.05, 0.1) is 6.42 Å². The number of amides is 1. The lowest BCUT2D eigenvalue weighted by atomic mass is 10.3. The van der Waals surface area contributed by atoms with E-state index in [0.717, 1.165) is 0 Å². The molecular weight excluding hydrogens is 281 g/mol. The van der Waals surface area contributed by atoms with Crippen LogP contribution in [0.1, 0.15) is 16.9 Å². The molecule has 1 amide bonds. The van der Waals surface area contributed by atoms with E-state index in [-0.39, 0.29) is 24.4 Å². The number of ether oxygens (including phenoxy) is 1. The van der Waals surface area contributed by atoms with Crippen LogP contribution in [0.4, 0.5) is 13.2 Å². The number of rotatable bonds is 6. The SMILES string of the molecule is O=C(O)CCNC(=O)c1ncccc1OCC(F)(F)F. The number of carbonyl (C=O) groups is 2. The first-order valence-electron chi connectivity index (χ1n) is 5.44. The fourth-order valence-electron chi connectivity index (χ4n) is 1.20. The molecule has 0 aliphatic heterocycles. The first-order chi connectivity index (χ1) is 9.29. The third-order valence-corrected chi connectivity index (χ3v) is 2.00. The summed E-state index contributed by atoms with van der Waals surface area (Å²) in [6.07, 6.45) is -3.63. The second-order valence-electron chi connectivity index (χ2n) is 3.65. The van der Waals surface area contributed by atoms with Crippen LogP contribution in [0, 0.1) is 0 Å². The summed E-state index contributed by atoms with van der Waals surface area (Å²) in [6, 6.07) is 2.49. The van der Waals surface area contributed by atoms with E-state index in [1.165, 1.54) is 18.3 Å². The van der Waals surface area contributed by atoms with Crippen molar-refractivity contribution in [1.29, 1.82) is 0 Å². The Balaban J connectivity index is 2.69. The molecule has 0 radical (unpaired) electrons. The summed E-state index contributed by atoms with van der Waals surface area (Å²) in [5.41, 5.74) is -0.331. The molecule has 110 valence electrons. The van der Waals surface area contributed by atoms with Gasteiger partial charge in [-0.1, -0.05) is 0 Å². The van der Waals surface area contributed by atoms with Crippen molar-refractivity contribution in [2.75, 3.05) is 13.2 Å². The number of alkyl halides is 3. The number of pyridine rings is 1. The second-order valence-corrected chi connectivity index (χ2v) is 3.65. The molecule has 0 aliphatic rings. The lowest BCUT2D eigenvalue weighted by Gasteiger charge is -2.12. The van der Waals surface area contributed by atoms with Gasteiger partial charge in [0.25, 0.3) is 5.91 Å². The van der Waals surface area contributed by atoms with Crippen molar-refractivity contribution in [2.24, 2.45) is 0 Å². The summed E-state index contributed by atoms with van der Waals surface area (Å²) in [6.45, 7) is -1.71. The average molecular weight is 292 g/mol.